The van der Waals surface area contributed by atoms with Gasteiger partial charge in [-0.1, -0.05) is 122 Å². The molecule has 57 heavy (non-hydrogen) atoms. The summed E-state index contributed by atoms with van der Waals surface area (Å²) in [5.41, 5.74) is 10.5. The highest BCUT2D eigenvalue weighted by Crippen LogP contribution is 2.47. The van der Waals surface area contributed by atoms with E-state index >= 15 is 0 Å². The van der Waals surface area contributed by atoms with Gasteiger partial charge in [-0.25, -0.2) is 9.98 Å². The fourth-order valence-corrected chi connectivity index (χ4v) is 10.1. The van der Waals surface area contributed by atoms with Gasteiger partial charge in [-0.3, -0.25) is 9.97 Å². The minimum Gasteiger partial charge on any atom is -0.255 e. The van der Waals surface area contributed by atoms with Crippen LogP contribution < -0.4 is 0 Å². The molecule has 0 radical (unpaired) electrons. The summed E-state index contributed by atoms with van der Waals surface area (Å²) in [7, 11) is 0. The predicted octanol–water partition coefficient (Wildman–Crippen LogP) is 13.7. The Kier molecular flexibility index (Phi) is 8.07. The topological polar surface area (TPSA) is 51.0 Å². The fourth-order valence-electron chi connectivity index (χ4n) is 8.86. The number of rotatable bonds is 5. The molecule has 11 rings (SSSR count). The van der Waals surface area contributed by atoms with Gasteiger partial charge in [0.2, 0.25) is 0 Å². The second-order valence-corrected chi connectivity index (χ2v) is 16.1. The standard InChI is InChI=1S/C52H36N4S/c1-32-29-46(43-19-8-10-27-53-43)55-47(44-20-9-11-28-54-44)31-41(32)34-25-23-33(24-26-34)37-18-12-21-45-49(37)50-40-17-6-7-22-48(40)57-52(50)51(56-45)42-30-35-13-2-3-14-36(35)38-15-4-5-16-39(38)42/h2-28,30-32,41H,29H2,1H3. The summed E-state index contributed by atoms with van der Waals surface area (Å²) < 4.78 is 2.49. The van der Waals surface area contributed by atoms with Crippen LogP contribution in [-0.2, 0) is 0 Å². The van der Waals surface area contributed by atoms with Crippen LogP contribution in [0.1, 0.15) is 36.2 Å². The number of allylic oxidation sites excluding steroid dienone is 1. The number of hydrogen-bond donors (Lipinski definition) is 0. The van der Waals surface area contributed by atoms with E-state index < -0.39 is 0 Å². The first-order chi connectivity index (χ1) is 28.2. The van der Waals surface area contributed by atoms with Gasteiger partial charge in [0.1, 0.15) is 0 Å². The molecule has 1 aliphatic heterocycles. The lowest BCUT2D eigenvalue weighted by Crippen LogP contribution is -2.13. The Balaban J connectivity index is 1.06. The van der Waals surface area contributed by atoms with Crippen LogP contribution in [-0.4, -0.2) is 20.7 Å². The van der Waals surface area contributed by atoms with Crippen LogP contribution in [0.5, 0.6) is 0 Å². The van der Waals surface area contributed by atoms with Gasteiger partial charge < -0.3 is 0 Å². The lowest BCUT2D eigenvalue weighted by molar-refractivity contribution is 0.548. The zero-order chi connectivity index (χ0) is 37.9. The molecule has 0 N–H and O–H groups in total. The molecule has 6 aromatic carbocycles. The Morgan fingerprint density at radius 1 is 0.579 bits per heavy atom. The van der Waals surface area contributed by atoms with Crippen LogP contribution in [0, 0.1) is 5.92 Å². The van der Waals surface area contributed by atoms with E-state index in [1.807, 2.05) is 54.1 Å². The quantitative estimate of drug-likeness (QED) is 0.165. The van der Waals surface area contributed by atoms with E-state index in [0.29, 0.717) is 5.92 Å². The maximum atomic E-state index is 5.57. The summed E-state index contributed by atoms with van der Waals surface area (Å²) in [5, 5.41) is 8.69. The number of nitrogens with zero attached hydrogens (tertiary/aromatic N) is 4. The monoisotopic (exact) mass is 748 g/mol. The highest BCUT2D eigenvalue weighted by molar-refractivity contribution is 7.26. The number of pyridine rings is 3. The third kappa shape index (κ3) is 5.73. The fraction of sp³-hybridized carbons (Fsp3) is 0.0769. The van der Waals surface area contributed by atoms with Crippen LogP contribution in [0.2, 0.25) is 0 Å². The summed E-state index contributed by atoms with van der Waals surface area (Å²) in [4.78, 5) is 20.1. The molecule has 0 fully saturated rings. The van der Waals surface area contributed by atoms with Gasteiger partial charge in [0.25, 0.3) is 0 Å². The smallest absolute Gasteiger partial charge is 0.0894 e. The highest BCUT2D eigenvalue weighted by Gasteiger charge is 2.26. The van der Waals surface area contributed by atoms with Crippen LogP contribution in [0.15, 0.2) is 181 Å². The molecule has 0 bridgehead atoms. The summed E-state index contributed by atoms with van der Waals surface area (Å²) in [5.74, 6) is 0.433. The normalized spacial score (nSPS) is 15.9. The van der Waals surface area contributed by atoms with Crippen molar-refractivity contribution < 1.29 is 0 Å². The zero-order valence-corrected chi connectivity index (χ0v) is 32.1. The lowest BCUT2D eigenvalue weighted by Gasteiger charge is -2.21. The molecular weight excluding hydrogens is 713 g/mol. The van der Waals surface area contributed by atoms with Crippen molar-refractivity contribution in [3.63, 3.8) is 0 Å². The van der Waals surface area contributed by atoms with Crippen molar-refractivity contribution in [2.45, 2.75) is 19.3 Å². The van der Waals surface area contributed by atoms with Gasteiger partial charge in [-0.15, -0.1) is 11.3 Å². The molecule has 2 unspecified atom stereocenters. The third-order valence-corrected chi connectivity index (χ3v) is 12.8. The van der Waals surface area contributed by atoms with Crippen LogP contribution in [0.25, 0.3) is 80.7 Å². The first kappa shape index (κ1) is 33.5. The minimum absolute atomic E-state index is 0.141. The second kappa shape index (κ2) is 13.7. The van der Waals surface area contributed by atoms with Crippen LogP contribution in [0.4, 0.5) is 0 Å². The molecule has 1 aliphatic rings. The predicted molar refractivity (Wildman–Crippen MR) is 240 cm³/mol. The Labute approximate surface area is 334 Å². The number of fused-ring (bicyclic) bond motifs is 8. The molecule has 0 saturated heterocycles. The van der Waals surface area contributed by atoms with Crippen molar-refractivity contribution in [1.82, 2.24) is 15.0 Å². The first-order valence-electron chi connectivity index (χ1n) is 19.6. The number of benzene rings is 6. The number of thiophene rings is 1. The largest absolute Gasteiger partial charge is 0.255 e. The highest BCUT2D eigenvalue weighted by atomic mass is 32.1. The van der Waals surface area contributed by atoms with Crippen LogP contribution >= 0.6 is 11.3 Å². The molecule has 0 aliphatic carbocycles. The van der Waals surface area contributed by atoms with Gasteiger partial charge in [0.05, 0.1) is 38.7 Å². The van der Waals surface area contributed by atoms with Crippen LogP contribution in [0.3, 0.4) is 0 Å². The summed E-state index contributed by atoms with van der Waals surface area (Å²) >= 11 is 1.85. The lowest BCUT2D eigenvalue weighted by atomic mass is 9.83. The number of hydrogen-bond acceptors (Lipinski definition) is 5. The van der Waals surface area contributed by atoms with Crippen molar-refractivity contribution in [3.05, 3.63) is 193 Å². The molecule has 10 aromatic rings. The molecule has 5 heteroatoms. The molecule has 270 valence electrons. The zero-order valence-electron chi connectivity index (χ0n) is 31.3. The Bertz CT molecular complexity index is 3220. The van der Waals surface area contributed by atoms with Gasteiger partial charge in [0, 0.05) is 44.7 Å². The molecule has 4 nitrogen and oxygen atoms in total. The molecular formula is C52H36N4S. The molecule has 0 spiro atoms. The SMILES string of the molecule is CC1CC(c2ccccn2)=NC(c2ccccn2)=CC1c1ccc(-c2cccc3nc(-c4cc5ccccc5c5ccccc45)c4sc5ccccc5c4c23)cc1. The average Bonchev–Trinajstić information content (AvgIpc) is 3.58. The summed E-state index contributed by atoms with van der Waals surface area (Å²) in [6.07, 6.45) is 6.79. The third-order valence-electron chi connectivity index (χ3n) is 11.6. The van der Waals surface area contributed by atoms with Crippen molar-refractivity contribution >= 4 is 75.4 Å². The van der Waals surface area contributed by atoms with E-state index in [2.05, 4.69) is 145 Å². The van der Waals surface area contributed by atoms with E-state index in [0.717, 1.165) is 40.4 Å². The molecule has 2 atom stereocenters. The van der Waals surface area contributed by atoms with Gasteiger partial charge >= 0.3 is 0 Å². The van der Waals surface area contributed by atoms with Crippen molar-refractivity contribution in [2.75, 3.05) is 0 Å². The van der Waals surface area contributed by atoms with Crippen molar-refractivity contribution in [3.8, 4) is 22.4 Å². The molecule has 4 aromatic heterocycles. The minimum atomic E-state index is 0.141. The number of aliphatic imine (C=N–C) groups is 1. The first-order valence-corrected chi connectivity index (χ1v) is 20.4. The second-order valence-electron chi connectivity index (χ2n) is 15.0. The van der Waals surface area contributed by atoms with Gasteiger partial charge in [-0.05, 0) is 99.1 Å². The summed E-state index contributed by atoms with van der Waals surface area (Å²) in [6, 6.07) is 56.5. The molecule has 5 heterocycles. The summed E-state index contributed by atoms with van der Waals surface area (Å²) in [6.45, 7) is 2.32. The van der Waals surface area contributed by atoms with E-state index in [1.165, 1.54) is 69.4 Å². The van der Waals surface area contributed by atoms with E-state index in [9.17, 15) is 0 Å². The Morgan fingerprint density at radius 2 is 1.28 bits per heavy atom. The molecule has 0 saturated carbocycles. The Hall–Kier alpha value is -6.82. The van der Waals surface area contributed by atoms with Crippen molar-refractivity contribution in [1.29, 1.82) is 0 Å². The Morgan fingerprint density at radius 3 is 2.07 bits per heavy atom. The maximum Gasteiger partial charge on any atom is 0.0894 e. The average molecular weight is 749 g/mol. The maximum absolute atomic E-state index is 5.57. The van der Waals surface area contributed by atoms with Crippen molar-refractivity contribution in [2.24, 2.45) is 10.9 Å². The van der Waals surface area contributed by atoms with E-state index in [1.54, 1.807) is 0 Å². The van der Waals surface area contributed by atoms with Gasteiger partial charge in [-0.2, -0.15) is 0 Å². The number of aromatic nitrogens is 3. The van der Waals surface area contributed by atoms with E-state index in [-0.39, 0.29) is 5.92 Å². The molecule has 0 amide bonds. The van der Waals surface area contributed by atoms with E-state index in [4.69, 9.17) is 15.0 Å². The van der Waals surface area contributed by atoms with Gasteiger partial charge in [0.15, 0.2) is 0 Å².